The molecule has 6 nitrogen and oxygen atoms in total. The first kappa shape index (κ1) is 16.9. The number of nitrogens with zero attached hydrogens (tertiary/aromatic N) is 1. The third-order valence-corrected chi connectivity index (χ3v) is 5.39. The van der Waals surface area contributed by atoms with Crippen molar-refractivity contribution in [1.82, 2.24) is 9.62 Å². The smallest absolute Gasteiger partial charge is 0.244 e. The fourth-order valence-corrected chi connectivity index (χ4v) is 4.02. The van der Waals surface area contributed by atoms with E-state index in [0.29, 0.717) is 32.1 Å². The second-order valence-electron chi connectivity index (χ2n) is 4.65. The number of benzene rings is 1. The summed E-state index contributed by atoms with van der Waals surface area (Å²) in [6.07, 6.45) is 0. The van der Waals surface area contributed by atoms with Gasteiger partial charge in [-0.2, -0.15) is 0 Å². The van der Waals surface area contributed by atoms with Gasteiger partial charge >= 0.3 is 0 Å². The summed E-state index contributed by atoms with van der Waals surface area (Å²) >= 11 is 2.08. The Kier molecular flexibility index (Phi) is 6.23. The average molecular weight is 426 g/mol. The van der Waals surface area contributed by atoms with Crippen molar-refractivity contribution in [2.45, 2.75) is 4.90 Å². The van der Waals surface area contributed by atoms with Crippen LogP contribution in [0, 0.1) is 3.57 Å². The molecule has 0 unspecified atom stereocenters. The van der Waals surface area contributed by atoms with Gasteiger partial charge in [0.05, 0.1) is 20.3 Å². The number of hydrogen-bond acceptors (Lipinski definition) is 5. The van der Waals surface area contributed by atoms with E-state index in [-0.39, 0.29) is 4.90 Å². The van der Waals surface area contributed by atoms with Crippen LogP contribution in [0.25, 0.3) is 0 Å². The molecule has 1 saturated heterocycles. The van der Waals surface area contributed by atoms with Crippen LogP contribution in [0.2, 0.25) is 0 Å². The first-order chi connectivity index (χ1) is 10.0. The van der Waals surface area contributed by atoms with Gasteiger partial charge in [0.1, 0.15) is 10.6 Å². The van der Waals surface area contributed by atoms with E-state index < -0.39 is 10.0 Å². The molecule has 0 amide bonds. The summed E-state index contributed by atoms with van der Waals surface area (Å²) < 4.78 is 38.6. The molecule has 1 aromatic rings. The maximum atomic E-state index is 12.4. The molecule has 0 radical (unpaired) electrons. The second kappa shape index (κ2) is 7.73. The van der Waals surface area contributed by atoms with Gasteiger partial charge in [-0.05, 0) is 40.8 Å². The molecule has 21 heavy (non-hydrogen) atoms. The quantitative estimate of drug-likeness (QED) is 0.686. The molecule has 1 aromatic carbocycles. The monoisotopic (exact) mass is 426 g/mol. The van der Waals surface area contributed by atoms with Crippen molar-refractivity contribution in [3.63, 3.8) is 0 Å². The van der Waals surface area contributed by atoms with Crippen molar-refractivity contribution in [3.8, 4) is 5.75 Å². The van der Waals surface area contributed by atoms with Crippen molar-refractivity contribution in [3.05, 3.63) is 21.8 Å². The highest BCUT2D eigenvalue weighted by Gasteiger charge is 2.20. The SMILES string of the molecule is COc1ccc(I)cc1S(=O)(=O)NCCN1CCOCC1. The van der Waals surface area contributed by atoms with E-state index in [1.165, 1.54) is 7.11 Å². The summed E-state index contributed by atoms with van der Waals surface area (Å²) in [6.45, 7) is 4.14. The third kappa shape index (κ3) is 4.78. The van der Waals surface area contributed by atoms with E-state index in [0.717, 1.165) is 16.7 Å². The van der Waals surface area contributed by atoms with Gasteiger partial charge in [0, 0.05) is 29.7 Å². The Morgan fingerprint density at radius 1 is 1.38 bits per heavy atom. The highest BCUT2D eigenvalue weighted by atomic mass is 127. The Balaban J connectivity index is 1.99. The normalized spacial score (nSPS) is 16.9. The maximum Gasteiger partial charge on any atom is 0.244 e. The van der Waals surface area contributed by atoms with Crippen molar-refractivity contribution in [1.29, 1.82) is 0 Å². The predicted molar refractivity (Wildman–Crippen MR) is 88.2 cm³/mol. The summed E-state index contributed by atoms with van der Waals surface area (Å²) in [6, 6.07) is 5.08. The van der Waals surface area contributed by atoms with E-state index in [4.69, 9.17) is 9.47 Å². The zero-order chi connectivity index (χ0) is 15.3. The summed E-state index contributed by atoms with van der Waals surface area (Å²) in [5.41, 5.74) is 0. The number of rotatable bonds is 6. The number of halogens is 1. The highest BCUT2D eigenvalue weighted by Crippen LogP contribution is 2.25. The van der Waals surface area contributed by atoms with Crippen LogP contribution in [-0.2, 0) is 14.8 Å². The Bertz CT molecular complexity index is 574. The van der Waals surface area contributed by atoms with Gasteiger partial charge in [-0.15, -0.1) is 0 Å². The van der Waals surface area contributed by atoms with E-state index in [9.17, 15) is 8.42 Å². The molecule has 0 aliphatic carbocycles. The molecule has 2 rings (SSSR count). The largest absolute Gasteiger partial charge is 0.495 e. The number of morpholine rings is 1. The standard InChI is InChI=1S/C13H19IN2O4S/c1-19-12-3-2-11(14)10-13(12)21(17,18)15-4-5-16-6-8-20-9-7-16/h2-3,10,15H,4-9H2,1H3. The Labute approximate surface area is 139 Å². The number of nitrogens with one attached hydrogen (secondary N) is 1. The van der Waals surface area contributed by atoms with Gasteiger partial charge in [-0.1, -0.05) is 0 Å². The molecular formula is C13H19IN2O4S. The van der Waals surface area contributed by atoms with E-state index in [1.54, 1.807) is 12.1 Å². The van der Waals surface area contributed by atoms with Crippen molar-refractivity contribution in [2.75, 3.05) is 46.5 Å². The Morgan fingerprint density at radius 3 is 2.76 bits per heavy atom. The van der Waals surface area contributed by atoms with Gasteiger partial charge < -0.3 is 9.47 Å². The molecule has 1 aliphatic rings. The molecule has 1 aliphatic heterocycles. The minimum atomic E-state index is -3.56. The second-order valence-corrected chi connectivity index (χ2v) is 7.63. The van der Waals surface area contributed by atoms with Gasteiger partial charge in [-0.25, -0.2) is 13.1 Å². The summed E-state index contributed by atoms with van der Waals surface area (Å²) in [5, 5.41) is 0. The van der Waals surface area contributed by atoms with Gasteiger partial charge in [0.15, 0.2) is 0 Å². The van der Waals surface area contributed by atoms with E-state index >= 15 is 0 Å². The van der Waals surface area contributed by atoms with Gasteiger partial charge in [-0.3, -0.25) is 4.90 Å². The van der Waals surface area contributed by atoms with Crippen LogP contribution < -0.4 is 9.46 Å². The summed E-state index contributed by atoms with van der Waals surface area (Å²) in [5.74, 6) is 0.356. The van der Waals surface area contributed by atoms with Crippen molar-refractivity contribution < 1.29 is 17.9 Å². The minimum absolute atomic E-state index is 0.180. The molecule has 8 heteroatoms. The molecule has 1 N–H and O–H groups in total. The van der Waals surface area contributed by atoms with Crippen LogP contribution in [0.3, 0.4) is 0 Å². The zero-order valence-electron chi connectivity index (χ0n) is 11.8. The van der Waals surface area contributed by atoms with Crippen LogP contribution in [0.4, 0.5) is 0 Å². The number of methoxy groups -OCH3 is 1. The van der Waals surface area contributed by atoms with E-state index in [1.807, 2.05) is 6.07 Å². The van der Waals surface area contributed by atoms with Gasteiger partial charge in [0.2, 0.25) is 10.0 Å². The fourth-order valence-electron chi connectivity index (χ4n) is 2.10. The highest BCUT2D eigenvalue weighted by molar-refractivity contribution is 14.1. The van der Waals surface area contributed by atoms with Gasteiger partial charge in [0.25, 0.3) is 0 Å². The third-order valence-electron chi connectivity index (χ3n) is 3.24. The topological polar surface area (TPSA) is 67.9 Å². The average Bonchev–Trinajstić information content (AvgIpc) is 2.48. The lowest BCUT2D eigenvalue weighted by Gasteiger charge is -2.26. The fraction of sp³-hybridized carbons (Fsp3) is 0.538. The van der Waals surface area contributed by atoms with Crippen molar-refractivity contribution >= 4 is 32.6 Å². The van der Waals surface area contributed by atoms with Crippen LogP contribution in [0.15, 0.2) is 23.1 Å². The molecule has 0 aromatic heterocycles. The Morgan fingerprint density at radius 2 is 2.10 bits per heavy atom. The molecule has 118 valence electrons. The number of ether oxygens (including phenoxy) is 2. The lowest BCUT2D eigenvalue weighted by atomic mass is 10.3. The molecular weight excluding hydrogens is 407 g/mol. The molecule has 0 saturated carbocycles. The summed E-state index contributed by atoms with van der Waals surface area (Å²) in [4.78, 5) is 2.36. The first-order valence-electron chi connectivity index (χ1n) is 6.66. The lowest BCUT2D eigenvalue weighted by Crippen LogP contribution is -2.41. The molecule has 0 atom stereocenters. The number of hydrogen-bond donors (Lipinski definition) is 1. The van der Waals surface area contributed by atoms with E-state index in [2.05, 4.69) is 32.2 Å². The summed E-state index contributed by atoms with van der Waals surface area (Å²) in [7, 11) is -2.10. The molecule has 1 fully saturated rings. The molecule has 0 spiro atoms. The Hall–Kier alpha value is -0.420. The van der Waals surface area contributed by atoms with Crippen LogP contribution in [0.5, 0.6) is 5.75 Å². The van der Waals surface area contributed by atoms with Crippen LogP contribution in [-0.4, -0.2) is 59.8 Å². The maximum absolute atomic E-state index is 12.4. The van der Waals surface area contributed by atoms with Crippen LogP contribution >= 0.6 is 22.6 Å². The predicted octanol–water partition coefficient (Wildman–Crippen LogP) is 0.910. The molecule has 1 heterocycles. The van der Waals surface area contributed by atoms with Crippen LogP contribution in [0.1, 0.15) is 0 Å². The molecule has 0 bridgehead atoms. The number of sulfonamides is 1. The zero-order valence-corrected chi connectivity index (χ0v) is 14.8. The van der Waals surface area contributed by atoms with Crippen molar-refractivity contribution in [2.24, 2.45) is 0 Å². The minimum Gasteiger partial charge on any atom is -0.495 e. The lowest BCUT2D eigenvalue weighted by molar-refractivity contribution is 0.0390. The first-order valence-corrected chi connectivity index (χ1v) is 9.22.